The minimum absolute atomic E-state index is 0.184. The van der Waals surface area contributed by atoms with Crippen LogP contribution in [0.3, 0.4) is 0 Å². The molecule has 1 fully saturated rings. The smallest absolute Gasteiger partial charge is 0.222 e. The molecule has 1 saturated heterocycles. The zero-order chi connectivity index (χ0) is 12.7. The summed E-state index contributed by atoms with van der Waals surface area (Å²) in [6.45, 7) is 5.47. The van der Waals surface area contributed by atoms with E-state index in [9.17, 15) is 4.79 Å². The first-order chi connectivity index (χ1) is 8.19. The van der Waals surface area contributed by atoms with E-state index in [0.29, 0.717) is 12.5 Å². The van der Waals surface area contributed by atoms with Gasteiger partial charge in [0.2, 0.25) is 5.91 Å². The van der Waals surface area contributed by atoms with Crippen LogP contribution in [-0.2, 0) is 4.79 Å². The second kappa shape index (κ2) is 7.67. The minimum Gasteiger partial charge on any atom is -0.396 e. The number of rotatable bonds is 7. The molecule has 1 amide bonds. The number of likely N-dealkylation sites (tertiary alicyclic amines) is 1. The Morgan fingerprint density at radius 1 is 1.47 bits per heavy atom. The molecular weight excluding hydrogens is 216 g/mol. The highest BCUT2D eigenvalue weighted by molar-refractivity contribution is 5.75. The molecule has 1 aliphatic heterocycles. The second-order valence-corrected chi connectivity index (χ2v) is 4.88. The van der Waals surface area contributed by atoms with E-state index in [2.05, 4.69) is 11.8 Å². The van der Waals surface area contributed by atoms with Gasteiger partial charge in [0.25, 0.3) is 0 Å². The third-order valence-electron chi connectivity index (χ3n) is 3.61. The van der Waals surface area contributed by atoms with E-state index in [-0.39, 0.29) is 12.5 Å². The van der Waals surface area contributed by atoms with Crippen molar-refractivity contribution in [2.24, 2.45) is 0 Å². The van der Waals surface area contributed by atoms with Gasteiger partial charge in [-0.2, -0.15) is 0 Å². The minimum atomic E-state index is 0.184. The predicted molar refractivity (Wildman–Crippen MR) is 68.8 cm³/mol. The maximum Gasteiger partial charge on any atom is 0.222 e. The third-order valence-corrected chi connectivity index (χ3v) is 3.61. The van der Waals surface area contributed by atoms with Crippen LogP contribution in [0.15, 0.2) is 0 Å². The zero-order valence-corrected chi connectivity index (χ0v) is 11.2. The maximum absolute atomic E-state index is 11.8. The quantitative estimate of drug-likeness (QED) is 0.680. The van der Waals surface area contributed by atoms with Crippen LogP contribution in [0.5, 0.6) is 0 Å². The number of aliphatic hydroxyl groups is 1. The van der Waals surface area contributed by atoms with Gasteiger partial charge in [0.1, 0.15) is 0 Å². The Kier molecular flexibility index (Phi) is 6.52. The summed E-state index contributed by atoms with van der Waals surface area (Å²) in [5, 5.41) is 8.68. The van der Waals surface area contributed by atoms with Gasteiger partial charge in [-0.25, -0.2) is 0 Å². The van der Waals surface area contributed by atoms with Crippen molar-refractivity contribution < 1.29 is 9.90 Å². The molecule has 100 valence electrons. The number of nitrogens with zero attached hydrogens (tertiary/aromatic N) is 2. The van der Waals surface area contributed by atoms with Gasteiger partial charge in [0, 0.05) is 32.7 Å². The lowest BCUT2D eigenvalue weighted by atomic mass is 10.2. The molecule has 0 aliphatic carbocycles. The number of carbonyl (C=O) groups is 1. The molecule has 1 heterocycles. The van der Waals surface area contributed by atoms with Gasteiger partial charge < -0.3 is 10.0 Å². The summed E-state index contributed by atoms with van der Waals surface area (Å²) in [6.07, 6.45) is 4.55. The highest BCUT2D eigenvalue weighted by Gasteiger charge is 2.25. The van der Waals surface area contributed by atoms with Gasteiger partial charge in [0.15, 0.2) is 0 Å². The average Bonchev–Trinajstić information content (AvgIpc) is 2.76. The lowest BCUT2D eigenvalue weighted by Gasteiger charge is -2.27. The van der Waals surface area contributed by atoms with Crippen LogP contribution >= 0.6 is 0 Å². The molecule has 0 bridgehead atoms. The van der Waals surface area contributed by atoms with E-state index in [1.165, 1.54) is 19.4 Å². The molecule has 0 saturated carbocycles. The summed E-state index contributed by atoms with van der Waals surface area (Å²) < 4.78 is 0. The third kappa shape index (κ3) is 4.64. The Balaban J connectivity index is 2.27. The topological polar surface area (TPSA) is 43.8 Å². The first kappa shape index (κ1) is 14.5. The summed E-state index contributed by atoms with van der Waals surface area (Å²) in [6, 6.07) is 0.548. The molecule has 0 aromatic heterocycles. The number of likely N-dealkylation sites (N-methyl/N-ethyl adjacent to an activating group) is 2. The Labute approximate surface area is 105 Å². The highest BCUT2D eigenvalue weighted by Crippen LogP contribution is 2.17. The van der Waals surface area contributed by atoms with Crippen molar-refractivity contribution in [3.63, 3.8) is 0 Å². The van der Waals surface area contributed by atoms with Gasteiger partial charge in [-0.3, -0.25) is 9.69 Å². The van der Waals surface area contributed by atoms with Crippen LogP contribution in [-0.4, -0.2) is 60.1 Å². The molecule has 4 heteroatoms. The Morgan fingerprint density at radius 3 is 2.88 bits per heavy atom. The monoisotopic (exact) mass is 242 g/mol. The lowest BCUT2D eigenvalue weighted by molar-refractivity contribution is -0.130. The van der Waals surface area contributed by atoms with Crippen LogP contribution in [0.4, 0.5) is 0 Å². The maximum atomic E-state index is 11.8. The summed E-state index contributed by atoms with van der Waals surface area (Å²) >= 11 is 0. The molecule has 0 aromatic rings. The molecule has 0 aromatic carbocycles. The number of unbranched alkanes of at least 4 members (excludes halogenated alkanes) is 1. The van der Waals surface area contributed by atoms with Crippen molar-refractivity contribution in [1.82, 2.24) is 9.80 Å². The van der Waals surface area contributed by atoms with E-state index in [4.69, 9.17) is 5.11 Å². The van der Waals surface area contributed by atoms with Crippen molar-refractivity contribution >= 4 is 5.91 Å². The molecule has 1 N–H and O–H groups in total. The van der Waals surface area contributed by atoms with Crippen LogP contribution in [0.2, 0.25) is 0 Å². The fourth-order valence-electron chi connectivity index (χ4n) is 2.52. The molecule has 0 spiro atoms. The van der Waals surface area contributed by atoms with Gasteiger partial charge in [-0.15, -0.1) is 0 Å². The van der Waals surface area contributed by atoms with Crippen LogP contribution in [0.1, 0.15) is 39.0 Å². The fourth-order valence-corrected chi connectivity index (χ4v) is 2.52. The van der Waals surface area contributed by atoms with E-state index in [0.717, 1.165) is 25.9 Å². The predicted octanol–water partition coefficient (Wildman–Crippen LogP) is 1.09. The Bertz CT molecular complexity index is 233. The summed E-state index contributed by atoms with van der Waals surface area (Å²) in [5.41, 5.74) is 0. The van der Waals surface area contributed by atoms with E-state index < -0.39 is 0 Å². The number of aliphatic hydroxyl groups excluding tert-OH is 1. The summed E-state index contributed by atoms with van der Waals surface area (Å²) in [5.74, 6) is 0.210. The molecule has 0 radical (unpaired) electrons. The molecule has 1 rings (SSSR count). The highest BCUT2D eigenvalue weighted by atomic mass is 16.3. The number of hydrogen-bond acceptors (Lipinski definition) is 3. The van der Waals surface area contributed by atoms with Crippen molar-refractivity contribution in [2.45, 2.75) is 45.1 Å². The average molecular weight is 242 g/mol. The van der Waals surface area contributed by atoms with Crippen molar-refractivity contribution in [2.75, 3.05) is 33.3 Å². The molecule has 1 aliphatic rings. The van der Waals surface area contributed by atoms with Crippen LogP contribution in [0.25, 0.3) is 0 Å². The summed E-state index contributed by atoms with van der Waals surface area (Å²) in [7, 11) is 1.90. The van der Waals surface area contributed by atoms with Crippen LogP contribution in [0, 0.1) is 0 Å². The largest absolute Gasteiger partial charge is 0.396 e. The molecule has 1 unspecified atom stereocenters. The number of hydrogen-bond donors (Lipinski definition) is 1. The van der Waals surface area contributed by atoms with E-state index in [1.54, 1.807) is 0 Å². The fraction of sp³-hybridized carbons (Fsp3) is 0.923. The lowest BCUT2D eigenvalue weighted by Crippen LogP contribution is -2.41. The number of amides is 1. The Morgan fingerprint density at radius 2 is 2.24 bits per heavy atom. The van der Waals surface area contributed by atoms with E-state index in [1.807, 2.05) is 11.9 Å². The van der Waals surface area contributed by atoms with Crippen molar-refractivity contribution in [1.29, 1.82) is 0 Å². The van der Waals surface area contributed by atoms with Crippen LogP contribution < -0.4 is 0 Å². The zero-order valence-electron chi connectivity index (χ0n) is 11.2. The van der Waals surface area contributed by atoms with Gasteiger partial charge in [-0.05, 0) is 38.8 Å². The first-order valence-corrected chi connectivity index (χ1v) is 6.78. The first-order valence-electron chi connectivity index (χ1n) is 6.78. The second-order valence-electron chi connectivity index (χ2n) is 4.88. The molecule has 17 heavy (non-hydrogen) atoms. The standard InChI is InChI=1S/C13H26N2O2/c1-3-15-9-6-7-12(15)11-14(2)13(17)8-4-5-10-16/h12,16H,3-11H2,1-2H3. The normalized spacial score (nSPS) is 20.8. The summed E-state index contributed by atoms with van der Waals surface area (Å²) in [4.78, 5) is 16.1. The van der Waals surface area contributed by atoms with Gasteiger partial charge in [0.05, 0.1) is 0 Å². The van der Waals surface area contributed by atoms with Crippen molar-refractivity contribution in [3.8, 4) is 0 Å². The molecule has 1 atom stereocenters. The van der Waals surface area contributed by atoms with Crippen molar-refractivity contribution in [3.05, 3.63) is 0 Å². The van der Waals surface area contributed by atoms with E-state index >= 15 is 0 Å². The Hall–Kier alpha value is -0.610. The SMILES string of the molecule is CCN1CCCC1CN(C)C(=O)CCCCO. The van der Waals surface area contributed by atoms with Gasteiger partial charge in [-0.1, -0.05) is 6.92 Å². The number of carbonyl (C=O) groups excluding carboxylic acids is 1. The molecule has 4 nitrogen and oxygen atoms in total. The molecular formula is C13H26N2O2. The van der Waals surface area contributed by atoms with Gasteiger partial charge >= 0.3 is 0 Å².